The number of aromatic nitrogens is 6. The first-order chi connectivity index (χ1) is 10.3. The van der Waals surface area contributed by atoms with Crippen molar-refractivity contribution in [1.29, 1.82) is 0 Å². The Morgan fingerprint density at radius 3 is 3.19 bits per heavy atom. The molecule has 21 heavy (non-hydrogen) atoms. The van der Waals surface area contributed by atoms with Crippen molar-refractivity contribution in [3.63, 3.8) is 0 Å². The molecule has 1 aliphatic heterocycles. The van der Waals surface area contributed by atoms with Gasteiger partial charge in [-0.1, -0.05) is 5.21 Å². The number of imidazole rings is 1. The van der Waals surface area contributed by atoms with Gasteiger partial charge in [-0.15, -0.1) is 10.2 Å². The SMILES string of the molecule is O=C(c1ccc2cncn2c1)N1CCCC1c1nn[nH]n1. The predicted molar refractivity (Wildman–Crippen MR) is 72.4 cm³/mol. The summed E-state index contributed by atoms with van der Waals surface area (Å²) < 4.78 is 1.84. The van der Waals surface area contributed by atoms with Gasteiger partial charge in [-0.2, -0.15) is 5.21 Å². The van der Waals surface area contributed by atoms with E-state index in [1.807, 2.05) is 21.4 Å². The van der Waals surface area contributed by atoms with Crippen molar-refractivity contribution in [2.45, 2.75) is 18.9 Å². The zero-order valence-electron chi connectivity index (χ0n) is 11.2. The number of carbonyl (C=O) groups excluding carboxylic acids is 1. The fourth-order valence-corrected chi connectivity index (χ4v) is 2.80. The van der Waals surface area contributed by atoms with Crippen LogP contribution in [0.1, 0.15) is 35.1 Å². The van der Waals surface area contributed by atoms with Crippen LogP contribution in [-0.4, -0.2) is 47.4 Å². The van der Waals surface area contributed by atoms with Gasteiger partial charge in [0.15, 0.2) is 5.82 Å². The standard InChI is InChI=1S/C13H13N7O/c21-13(9-3-4-10-6-14-8-19(10)7-9)20-5-1-2-11(20)12-15-17-18-16-12/h3-4,6-8,11H,1-2,5H2,(H,15,16,17,18). The van der Waals surface area contributed by atoms with Crippen LogP contribution in [0.2, 0.25) is 0 Å². The molecule has 1 atom stereocenters. The number of amides is 1. The first-order valence-electron chi connectivity index (χ1n) is 6.79. The van der Waals surface area contributed by atoms with Crippen LogP contribution >= 0.6 is 0 Å². The molecule has 1 aliphatic rings. The Morgan fingerprint density at radius 1 is 1.38 bits per heavy atom. The molecule has 1 N–H and O–H groups in total. The van der Waals surface area contributed by atoms with E-state index >= 15 is 0 Å². The van der Waals surface area contributed by atoms with Crippen LogP contribution in [0.25, 0.3) is 5.52 Å². The van der Waals surface area contributed by atoms with Gasteiger partial charge in [0.2, 0.25) is 0 Å². The average Bonchev–Trinajstić information content (AvgIpc) is 3.24. The van der Waals surface area contributed by atoms with E-state index in [1.54, 1.807) is 18.7 Å². The molecule has 4 heterocycles. The summed E-state index contributed by atoms with van der Waals surface area (Å²) >= 11 is 0. The Labute approximate surface area is 119 Å². The fraction of sp³-hybridized carbons (Fsp3) is 0.308. The minimum atomic E-state index is -0.102. The van der Waals surface area contributed by atoms with Crippen molar-refractivity contribution >= 4 is 11.4 Å². The molecule has 3 aromatic rings. The first kappa shape index (κ1) is 12.0. The van der Waals surface area contributed by atoms with Crippen LogP contribution in [0.3, 0.4) is 0 Å². The maximum absolute atomic E-state index is 12.7. The summed E-state index contributed by atoms with van der Waals surface area (Å²) in [7, 11) is 0. The maximum Gasteiger partial charge on any atom is 0.255 e. The zero-order chi connectivity index (χ0) is 14.2. The van der Waals surface area contributed by atoms with Gasteiger partial charge in [0.05, 0.1) is 29.6 Å². The highest BCUT2D eigenvalue weighted by molar-refractivity contribution is 5.94. The number of fused-ring (bicyclic) bond motifs is 1. The number of aromatic amines is 1. The van der Waals surface area contributed by atoms with E-state index in [1.165, 1.54) is 0 Å². The lowest BCUT2D eigenvalue weighted by Crippen LogP contribution is -2.31. The van der Waals surface area contributed by atoms with Crippen LogP contribution in [-0.2, 0) is 0 Å². The van der Waals surface area contributed by atoms with Crippen LogP contribution in [0.4, 0.5) is 0 Å². The first-order valence-corrected chi connectivity index (χ1v) is 6.79. The molecule has 0 radical (unpaired) electrons. The van der Waals surface area contributed by atoms with Crippen molar-refractivity contribution < 1.29 is 4.79 Å². The molecule has 1 fully saturated rings. The summed E-state index contributed by atoms with van der Waals surface area (Å²) in [6.45, 7) is 0.708. The van der Waals surface area contributed by atoms with Crippen LogP contribution in [0, 0.1) is 0 Å². The molecule has 4 rings (SSSR count). The Kier molecular flexibility index (Phi) is 2.66. The van der Waals surface area contributed by atoms with Gasteiger partial charge in [0.25, 0.3) is 5.91 Å². The van der Waals surface area contributed by atoms with E-state index in [0.29, 0.717) is 17.9 Å². The summed E-state index contributed by atoms with van der Waals surface area (Å²) in [6, 6.07) is 3.61. The van der Waals surface area contributed by atoms with Crippen molar-refractivity contribution in [3.8, 4) is 0 Å². The summed E-state index contributed by atoms with van der Waals surface area (Å²) in [5.74, 6) is 0.558. The van der Waals surface area contributed by atoms with Gasteiger partial charge in [0.1, 0.15) is 0 Å². The Bertz CT molecular complexity index is 779. The van der Waals surface area contributed by atoms with Gasteiger partial charge in [-0.3, -0.25) is 4.79 Å². The van der Waals surface area contributed by atoms with E-state index in [9.17, 15) is 4.79 Å². The van der Waals surface area contributed by atoms with Crippen molar-refractivity contribution in [3.05, 3.63) is 42.2 Å². The molecule has 1 unspecified atom stereocenters. The third-order valence-corrected chi connectivity index (χ3v) is 3.83. The second-order valence-electron chi connectivity index (χ2n) is 5.07. The maximum atomic E-state index is 12.7. The Morgan fingerprint density at radius 2 is 2.33 bits per heavy atom. The number of nitrogens with one attached hydrogen (secondary N) is 1. The lowest BCUT2D eigenvalue weighted by Gasteiger charge is -2.22. The van der Waals surface area contributed by atoms with E-state index in [2.05, 4.69) is 25.6 Å². The molecule has 0 saturated carbocycles. The molecule has 1 saturated heterocycles. The molecule has 3 aromatic heterocycles. The highest BCUT2D eigenvalue weighted by Gasteiger charge is 2.33. The third-order valence-electron chi connectivity index (χ3n) is 3.83. The molecule has 8 heteroatoms. The zero-order valence-corrected chi connectivity index (χ0v) is 11.2. The molecule has 8 nitrogen and oxygen atoms in total. The highest BCUT2D eigenvalue weighted by Crippen LogP contribution is 2.30. The highest BCUT2D eigenvalue weighted by atomic mass is 16.2. The smallest absolute Gasteiger partial charge is 0.255 e. The van der Waals surface area contributed by atoms with E-state index in [0.717, 1.165) is 18.4 Å². The number of pyridine rings is 1. The molecule has 0 bridgehead atoms. The fourth-order valence-electron chi connectivity index (χ4n) is 2.80. The molecular weight excluding hydrogens is 270 g/mol. The quantitative estimate of drug-likeness (QED) is 0.752. The van der Waals surface area contributed by atoms with Gasteiger partial charge >= 0.3 is 0 Å². The number of carbonyl (C=O) groups is 1. The van der Waals surface area contributed by atoms with Gasteiger partial charge < -0.3 is 9.30 Å². The molecule has 0 aliphatic carbocycles. The number of hydrogen-bond acceptors (Lipinski definition) is 5. The molecular formula is C13H13N7O. The van der Waals surface area contributed by atoms with Gasteiger partial charge in [-0.25, -0.2) is 4.98 Å². The Balaban J connectivity index is 1.66. The van der Waals surface area contributed by atoms with E-state index < -0.39 is 0 Å². The summed E-state index contributed by atoms with van der Waals surface area (Å²) in [5, 5.41) is 14.0. The lowest BCUT2D eigenvalue weighted by atomic mass is 10.2. The van der Waals surface area contributed by atoms with Crippen LogP contribution < -0.4 is 0 Å². The largest absolute Gasteiger partial charge is 0.328 e. The minimum Gasteiger partial charge on any atom is -0.328 e. The second-order valence-corrected chi connectivity index (χ2v) is 5.07. The number of H-pyrrole nitrogens is 1. The van der Waals surface area contributed by atoms with E-state index in [-0.39, 0.29) is 11.9 Å². The molecule has 0 aromatic carbocycles. The second kappa shape index (κ2) is 4.65. The minimum absolute atomic E-state index is 0.0158. The number of rotatable bonds is 2. The van der Waals surface area contributed by atoms with Crippen LogP contribution in [0.5, 0.6) is 0 Å². The topological polar surface area (TPSA) is 92.1 Å². The van der Waals surface area contributed by atoms with Gasteiger partial charge in [0, 0.05) is 12.7 Å². The number of tetrazole rings is 1. The van der Waals surface area contributed by atoms with Crippen molar-refractivity contribution in [1.82, 2.24) is 34.9 Å². The van der Waals surface area contributed by atoms with Crippen molar-refractivity contribution in [2.24, 2.45) is 0 Å². The lowest BCUT2D eigenvalue weighted by molar-refractivity contribution is 0.0729. The normalized spacial score (nSPS) is 18.5. The molecule has 0 spiro atoms. The van der Waals surface area contributed by atoms with Crippen molar-refractivity contribution in [2.75, 3.05) is 6.54 Å². The predicted octanol–water partition coefficient (Wildman–Crippen LogP) is 0.825. The summed E-state index contributed by atoms with van der Waals surface area (Å²) in [5.41, 5.74) is 1.60. The number of hydrogen-bond donors (Lipinski definition) is 1. The van der Waals surface area contributed by atoms with Gasteiger partial charge in [-0.05, 0) is 25.0 Å². The third kappa shape index (κ3) is 1.95. The summed E-state index contributed by atoms with van der Waals surface area (Å²) in [4.78, 5) is 18.6. The molecule has 1 amide bonds. The number of likely N-dealkylation sites (tertiary alicyclic amines) is 1. The molecule has 106 valence electrons. The Hall–Kier alpha value is -2.77. The number of nitrogens with zero attached hydrogens (tertiary/aromatic N) is 6. The monoisotopic (exact) mass is 283 g/mol. The van der Waals surface area contributed by atoms with Crippen LogP contribution in [0.15, 0.2) is 30.9 Å². The summed E-state index contributed by atoms with van der Waals surface area (Å²) in [6.07, 6.45) is 7.05. The van der Waals surface area contributed by atoms with E-state index in [4.69, 9.17) is 0 Å². The average molecular weight is 283 g/mol.